The van der Waals surface area contributed by atoms with Gasteiger partial charge in [0, 0.05) is 0 Å². The lowest BCUT2D eigenvalue weighted by atomic mass is 10.1. The minimum absolute atomic E-state index is 0.102. The van der Waals surface area contributed by atoms with Crippen LogP contribution in [0.4, 0.5) is 0 Å². The van der Waals surface area contributed by atoms with Crippen LogP contribution < -0.4 is 11.2 Å². The molecule has 0 saturated carbocycles. The molecule has 92 valence electrons. The number of hydroxylamine groups is 1. The Balaban J connectivity index is 3.08. The largest absolute Gasteiger partial charge is 0.376 e. The highest BCUT2D eigenvalue weighted by atomic mass is 17.5. The van der Waals surface area contributed by atoms with E-state index in [9.17, 15) is 5.11 Å². The van der Waals surface area contributed by atoms with Crippen molar-refractivity contribution in [1.82, 2.24) is 5.48 Å². The zero-order chi connectivity index (χ0) is 11.4. The van der Waals surface area contributed by atoms with Crippen molar-refractivity contribution in [2.45, 2.75) is 51.7 Å². The maximum atomic E-state index is 9.30. The van der Waals surface area contributed by atoms with E-state index in [4.69, 9.17) is 5.73 Å². The minimum Gasteiger partial charge on any atom is -0.376 e. The number of nitrogens with two attached hydrogens (primary N) is 1. The number of rotatable bonds is 11. The molecule has 0 aromatic rings. The molecule has 0 bridgehead atoms. The molecule has 15 heavy (non-hydrogen) atoms. The lowest BCUT2D eigenvalue weighted by Gasteiger charge is -2.10. The second-order valence-electron chi connectivity index (χ2n) is 3.27. The van der Waals surface area contributed by atoms with Crippen LogP contribution in [0.3, 0.4) is 0 Å². The van der Waals surface area contributed by atoms with E-state index in [-0.39, 0.29) is 6.73 Å². The van der Waals surface area contributed by atoms with E-state index < -0.39 is 6.23 Å². The van der Waals surface area contributed by atoms with E-state index in [1.165, 1.54) is 19.3 Å². The maximum absolute atomic E-state index is 9.30. The first-order valence-electron chi connectivity index (χ1n) is 5.40. The summed E-state index contributed by atoms with van der Waals surface area (Å²) in [5.41, 5.74) is 7.22. The molecule has 0 amide bonds. The minimum atomic E-state index is -0.743. The lowest BCUT2D eigenvalue weighted by molar-refractivity contribution is -0.539. The Bertz CT molecular complexity index is 127. The second-order valence-corrected chi connectivity index (χ2v) is 3.27. The third kappa shape index (κ3) is 11.7. The number of aliphatic hydroxyl groups is 1. The van der Waals surface area contributed by atoms with Crippen molar-refractivity contribution in [3.05, 3.63) is 0 Å². The predicted molar refractivity (Wildman–Crippen MR) is 54.8 cm³/mol. The highest BCUT2D eigenvalue weighted by molar-refractivity contribution is 4.48. The van der Waals surface area contributed by atoms with Crippen LogP contribution in [0.15, 0.2) is 0 Å². The highest BCUT2D eigenvalue weighted by Crippen LogP contribution is 2.06. The van der Waals surface area contributed by atoms with Crippen LogP contribution in [-0.4, -0.2) is 18.1 Å². The molecule has 6 heteroatoms. The molecule has 0 fully saturated rings. The fraction of sp³-hybridized carbons (Fsp3) is 1.00. The van der Waals surface area contributed by atoms with Crippen molar-refractivity contribution < 1.29 is 20.0 Å². The maximum Gasteiger partial charge on any atom is 0.133 e. The number of hydrogen-bond acceptors (Lipinski definition) is 6. The molecule has 0 spiro atoms. The van der Waals surface area contributed by atoms with E-state index in [0.717, 1.165) is 12.8 Å². The first-order valence-corrected chi connectivity index (χ1v) is 5.40. The zero-order valence-electron chi connectivity index (χ0n) is 9.28. The van der Waals surface area contributed by atoms with E-state index in [1.807, 2.05) is 0 Å². The number of unbranched alkanes of at least 4 members (excludes halogenated alkanes) is 4. The standard InChI is InChI=1S/C9H22N2O4/c1-2-3-4-5-6-7-9(12)11-14-15-13-8-10/h9,11-12H,2-8,10H2,1H3. The van der Waals surface area contributed by atoms with E-state index in [2.05, 4.69) is 27.3 Å². The van der Waals surface area contributed by atoms with Crippen LogP contribution in [0.5, 0.6) is 0 Å². The Kier molecular flexibility index (Phi) is 11.6. The van der Waals surface area contributed by atoms with Gasteiger partial charge in [-0.25, -0.2) is 0 Å². The normalized spacial score (nSPS) is 13.0. The van der Waals surface area contributed by atoms with Gasteiger partial charge in [-0.2, -0.15) is 4.89 Å². The molecule has 0 aromatic heterocycles. The van der Waals surface area contributed by atoms with Crippen LogP contribution in [0.1, 0.15) is 45.4 Å². The number of nitrogens with one attached hydrogen (secondary N) is 1. The van der Waals surface area contributed by atoms with Gasteiger partial charge in [0.2, 0.25) is 0 Å². The second kappa shape index (κ2) is 11.8. The van der Waals surface area contributed by atoms with Crippen LogP contribution in [0.2, 0.25) is 0 Å². The van der Waals surface area contributed by atoms with E-state index >= 15 is 0 Å². The quantitative estimate of drug-likeness (QED) is 0.209. The molecule has 1 unspecified atom stereocenters. The summed E-state index contributed by atoms with van der Waals surface area (Å²) in [6.07, 6.45) is 5.61. The molecule has 0 aliphatic rings. The summed E-state index contributed by atoms with van der Waals surface area (Å²) >= 11 is 0. The van der Waals surface area contributed by atoms with E-state index in [1.54, 1.807) is 0 Å². The van der Waals surface area contributed by atoms with Crippen LogP contribution >= 0.6 is 0 Å². The Morgan fingerprint density at radius 2 is 2.00 bits per heavy atom. The van der Waals surface area contributed by atoms with Gasteiger partial charge in [0.1, 0.15) is 13.0 Å². The van der Waals surface area contributed by atoms with Gasteiger partial charge < -0.3 is 10.8 Å². The first kappa shape index (κ1) is 14.8. The Hall–Kier alpha value is -0.240. The monoisotopic (exact) mass is 222 g/mol. The average molecular weight is 222 g/mol. The fourth-order valence-corrected chi connectivity index (χ4v) is 1.13. The molecule has 0 aliphatic heterocycles. The van der Waals surface area contributed by atoms with Gasteiger partial charge in [0.05, 0.1) is 0 Å². The van der Waals surface area contributed by atoms with Crippen molar-refractivity contribution >= 4 is 0 Å². The Labute approximate surface area is 90.5 Å². The van der Waals surface area contributed by atoms with Gasteiger partial charge in [0.25, 0.3) is 0 Å². The van der Waals surface area contributed by atoms with E-state index in [0.29, 0.717) is 6.42 Å². The topological polar surface area (TPSA) is 86.0 Å². The van der Waals surface area contributed by atoms with Gasteiger partial charge in [-0.15, -0.1) is 10.5 Å². The molecular formula is C9H22N2O4. The third-order valence-electron chi connectivity index (χ3n) is 1.92. The molecule has 0 heterocycles. The molecule has 6 nitrogen and oxygen atoms in total. The highest BCUT2D eigenvalue weighted by Gasteiger charge is 2.03. The van der Waals surface area contributed by atoms with Gasteiger partial charge in [0.15, 0.2) is 0 Å². The molecule has 4 N–H and O–H groups in total. The van der Waals surface area contributed by atoms with Crippen molar-refractivity contribution in [1.29, 1.82) is 0 Å². The van der Waals surface area contributed by atoms with Crippen LogP contribution in [0, 0.1) is 0 Å². The summed E-state index contributed by atoms with van der Waals surface area (Å²) in [7, 11) is 0. The summed E-state index contributed by atoms with van der Waals surface area (Å²) in [6, 6.07) is 0. The Morgan fingerprint density at radius 1 is 1.27 bits per heavy atom. The van der Waals surface area contributed by atoms with Gasteiger partial charge in [-0.3, -0.25) is 0 Å². The van der Waals surface area contributed by atoms with Crippen molar-refractivity contribution in [2.24, 2.45) is 5.73 Å². The molecular weight excluding hydrogens is 200 g/mol. The zero-order valence-corrected chi connectivity index (χ0v) is 9.28. The van der Waals surface area contributed by atoms with Crippen LogP contribution in [-0.2, 0) is 14.9 Å². The molecule has 1 atom stereocenters. The summed E-state index contributed by atoms with van der Waals surface area (Å²) in [4.78, 5) is 8.54. The average Bonchev–Trinajstić information content (AvgIpc) is 2.24. The Morgan fingerprint density at radius 3 is 2.67 bits per heavy atom. The van der Waals surface area contributed by atoms with Crippen molar-refractivity contribution in [3.63, 3.8) is 0 Å². The van der Waals surface area contributed by atoms with Gasteiger partial charge >= 0.3 is 0 Å². The SMILES string of the molecule is CCCCCCCC(O)NOOOCN. The molecule has 0 aliphatic carbocycles. The number of hydrogen-bond donors (Lipinski definition) is 3. The summed E-state index contributed by atoms with van der Waals surface area (Å²) < 4.78 is 0. The summed E-state index contributed by atoms with van der Waals surface area (Å²) in [5, 5.41) is 13.4. The molecule has 0 aromatic carbocycles. The van der Waals surface area contributed by atoms with Gasteiger partial charge in [-0.1, -0.05) is 32.6 Å². The van der Waals surface area contributed by atoms with Crippen molar-refractivity contribution in [3.8, 4) is 0 Å². The summed E-state index contributed by atoms with van der Waals surface area (Å²) in [5.74, 6) is 0. The molecule has 0 rings (SSSR count). The molecule has 0 radical (unpaired) electrons. The van der Waals surface area contributed by atoms with Crippen LogP contribution in [0.25, 0.3) is 0 Å². The smallest absolute Gasteiger partial charge is 0.133 e. The van der Waals surface area contributed by atoms with Crippen molar-refractivity contribution in [2.75, 3.05) is 6.73 Å². The summed E-state index contributed by atoms with van der Waals surface area (Å²) in [6.45, 7) is 2.06. The number of aliphatic hydroxyl groups excluding tert-OH is 1. The molecule has 0 saturated heterocycles. The third-order valence-corrected chi connectivity index (χ3v) is 1.92. The predicted octanol–water partition coefficient (Wildman–Crippen LogP) is 0.966. The fourth-order valence-electron chi connectivity index (χ4n) is 1.13. The lowest BCUT2D eigenvalue weighted by Crippen LogP contribution is -2.29. The first-order chi connectivity index (χ1) is 7.31. The van der Waals surface area contributed by atoms with Gasteiger partial charge in [-0.05, 0) is 17.9 Å².